The number of aromatic nitrogens is 3. The van der Waals surface area contributed by atoms with E-state index in [2.05, 4.69) is 29.5 Å². The van der Waals surface area contributed by atoms with Crippen LogP contribution in [0.25, 0.3) is 11.0 Å². The van der Waals surface area contributed by atoms with Crippen LogP contribution in [0, 0.1) is 5.92 Å². The monoisotopic (exact) mass is 204 g/mol. The van der Waals surface area contributed by atoms with Crippen molar-refractivity contribution < 1.29 is 0 Å². The van der Waals surface area contributed by atoms with E-state index in [9.17, 15) is 0 Å². The molecule has 0 atom stereocenters. The Balaban J connectivity index is 2.08. The standard InChI is InChI=1S/C11H16N4/c1-9(2)7-12-8-15-11-6-4-3-5-10(11)13-14-15/h3-6,9,12H,7-8H2,1-2H3. The second-order valence-corrected chi connectivity index (χ2v) is 4.08. The van der Waals surface area contributed by atoms with Crippen LogP contribution in [0.2, 0.25) is 0 Å². The van der Waals surface area contributed by atoms with E-state index < -0.39 is 0 Å². The van der Waals surface area contributed by atoms with Crippen molar-refractivity contribution >= 4 is 11.0 Å². The summed E-state index contributed by atoms with van der Waals surface area (Å²) in [5, 5.41) is 11.5. The Labute approximate surface area is 89.3 Å². The molecule has 2 rings (SSSR count). The molecule has 0 unspecified atom stereocenters. The Morgan fingerprint density at radius 1 is 1.33 bits per heavy atom. The third-order valence-electron chi connectivity index (χ3n) is 2.23. The molecule has 15 heavy (non-hydrogen) atoms. The maximum absolute atomic E-state index is 4.10. The normalized spacial score (nSPS) is 11.4. The molecule has 1 aromatic carbocycles. The lowest BCUT2D eigenvalue weighted by atomic mass is 10.2. The number of rotatable bonds is 4. The van der Waals surface area contributed by atoms with Gasteiger partial charge in [-0.2, -0.15) is 0 Å². The van der Waals surface area contributed by atoms with E-state index in [0.717, 1.165) is 24.2 Å². The summed E-state index contributed by atoms with van der Waals surface area (Å²) in [4.78, 5) is 0. The molecule has 1 N–H and O–H groups in total. The molecule has 0 fully saturated rings. The Morgan fingerprint density at radius 2 is 2.13 bits per heavy atom. The fraction of sp³-hybridized carbons (Fsp3) is 0.455. The van der Waals surface area contributed by atoms with Gasteiger partial charge in [0.15, 0.2) is 0 Å². The summed E-state index contributed by atoms with van der Waals surface area (Å²) >= 11 is 0. The summed E-state index contributed by atoms with van der Waals surface area (Å²) in [7, 11) is 0. The fourth-order valence-electron chi connectivity index (χ4n) is 1.49. The summed E-state index contributed by atoms with van der Waals surface area (Å²) in [5.74, 6) is 0.653. The van der Waals surface area contributed by atoms with E-state index in [-0.39, 0.29) is 0 Å². The Hall–Kier alpha value is -1.42. The average Bonchev–Trinajstić information content (AvgIpc) is 2.62. The smallest absolute Gasteiger partial charge is 0.113 e. The van der Waals surface area contributed by atoms with Crippen molar-refractivity contribution in [1.82, 2.24) is 20.3 Å². The number of benzene rings is 1. The van der Waals surface area contributed by atoms with Crippen molar-refractivity contribution in [2.45, 2.75) is 20.5 Å². The van der Waals surface area contributed by atoms with Gasteiger partial charge < -0.3 is 0 Å². The first kappa shape index (κ1) is 10.1. The molecule has 0 saturated heterocycles. The van der Waals surface area contributed by atoms with E-state index in [0.29, 0.717) is 5.92 Å². The highest BCUT2D eigenvalue weighted by molar-refractivity contribution is 5.73. The number of hydrogen-bond donors (Lipinski definition) is 1. The Bertz CT molecular complexity index is 433. The first-order chi connectivity index (χ1) is 7.27. The second kappa shape index (κ2) is 4.40. The lowest BCUT2D eigenvalue weighted by Gasteiger charge is -2.07. The molecule has 4 heteroatoms. The molecule has 0 radical (unpaired) electrons. The van der Waals surface area contributed by atoms with Crippen molar-refractivity contribution in [2.24, 2.45) is 5.92 Å². The highest BCUT2D eigenvalue weighted by atomic mass is 15.4. The number of nitrogens with zero attached hydrogens (tertiary/aromatic N) is 3. The van der Waals surface area contributed by atoms with Gasteiger partial charge in [-0.1, -0.05) is 31.2 Å². The largest absolute Gasteiger partial charge is 0.298 e. The van der Waals surface area contributed by atoms with Crippen molar-refractivity contribution in [3.63, 3.8) is 0 Å². The topological polar surface area (TPSA) is 42.7 Å². The molecule has 0 aliphatic rings. The van der Waals surface area contributed by atoms with Crippen LogP contribution < -0.4 is 5.32 Å². The van der Waals surface area contributed by atoms with E-state index in [1.165, 1.54) is 0 Å². The zero-order chi connectivity index (χ0) is 10.7. The summed E-state index contributed by atoms with van der Waals surface area (Å²) in [5.41, 5.74) is 2.03. The maximum atomic E-state index is 4.10. The molecule has 1 heterocycles. The lowest BCUT2D eigenvalue weighted by Crippen LogP contribution is -2.23. The highest BCUT2D eigenvalue weighted by Gasteiger charge is 2.02. The van der Waals surface area contributed by atoms with Gasteiger partial charge in [0.1, 0.15) is 5.52 Å². The zero-order valence-electron chi connectivity index (χ0n) is 9.14. The molecule has 4 nitrogen and oxygen atoms in total. The van der Waals surface area contributed by atoms with Crippen LogP contribution in [0.5, 0.6) is 0 Å². The third kappa shape index (κ3) is 2.33. The average molecular weight is 204 g/mol. The van der Waals surface area contributed by atoms with Crippen LogP contribution in [0.3, 0.4) is 0 Å². The van der Waals surface area contributed by atoms with Gasteiger partial charge in [-0.25, -0.2) is 4.68 Å². The zero-order valence-corrected chi connectivity index (χ0v) is 9.14. The van der Waals surface area contributed by atoms with E-state index in [1.807, 2.05) is 28.9 Å². The summed E-state index contributed by atoms with van der Waals surface area (Å²) < 4.78 is 1.89. The van der Waals surface area contributed by atoms with Crippen LogP contribution in [-0.4, -0.2) is 21.5 Å². The van der Waals surface area contributed by atoms with Gasteiger partial charge in [-0.05, 0) is 24.6 Å². The van der Waals surface area contributed by atoms with E-state index in [1.54, 1.807) is 0 Å². The lowest BCUT2D eigenvalue weighted by molar-refractivity contribution is 0.465. The van der Waals surface area contributed by atoms with Gasteiger partial charge in [-0.3, -0.25) is 5.32 Å². The second-order valence-electron chi connectivity index (χ2n) is 4.08. The molecule has 2 aromatic rings. The maximum Gasteiger partial charge on any atom is 0.113 e. The molecule has 0 spiro atoms. The SMILES string of the molecule is CC(C)CNCn1nnc2ccccc21. The summed E-state index contributed by atoms with van der Waals surface area (Å²) in [6, 6.07) is 7.99. The van der Waals surface area contributed by atoms with Crippen LogP contribution in [-0.2, 0) is 6.67 Å². The first-order valence-corrected chi connectivity index (χ1v) is 5.26. The van der Waals surface area contributed by atoms with Crippen molar-refractivity contribution in [3.05, 3.63) is 24.3 Å². The van der Waals surface area contributed by atoms with Crippen molar-refractivity contribution in [3.8, 4) is 0 Å². The Morgan fingerprint density at radius 3 is 2.93 bits per heavy atom. The highest BCUT2D eigenvalue weighted by Crippen LogP contribution is 2.08. The fourth-order valence-corrected chi connectivity index (χ4v) is 1.49. The number of hydrogen-bond acceptors (Lipinski definition) is 3. The number of para-hydroxylation sites is 1. The van der Waals surface area contributed by atoms with Gasteiger partial charge in [0.05, 0.1) is 12.2 Å². The minimum atomic E-state index is 0.653. The van der Waals surface area contributed by atoms with E-state index in [4.69, 9.17) is 0 Å². The van der Waals surface area contributed by atoms with Crippen molar-refractivity contribution in [2.75, 3.05) is 6.54 Å². The summed E-state index contributed by atoms with van der Waals surface area (Å²) in [6.07, 6.45) is 0. The van der Waals surface area contributed by atoms with Gasteiger partial charge in [0.2, 0.25) is 0 Å². The van der Waals surface area contributed by atoms with Crippen LogP contribution >= 0.6 is 0 Å². The molecule has 0 bridgehead atoms. The van der Waals surface area contributed by atoms with Gasteiger partial charge in [0, 0.05) is 0 Å². The van der Waals surface area contributed by atoms with Crippen LogP contribution in [0.4, 0.5) is 0 Å². The molecule has 0 amide bonds. The molecular formula is C11H16N4. The minimum absolute atomic E-state index is 0.653. The van der Waals surface area contributed by atoms with Crippen molar-refractivity contribution in [1.29, 1.82) is 0 Å². The molecule has 0 saturated carbocycles. The van der Waals surface area contributed by atoms with E-state index >= 15 is 0 Å². The predicted octanol–water partition coefficient (Wildman–Crippen LogP) is 1.63. The van der Waals surface area contributed by atoms with Gasteiger partial charge in [-0.15, -0.1) is 5.10 Å². The minimum Gasteiger partial charge on any atom is -0.298 e. The van der Waals surface area contributed by atoms with Crippen LogP contribution in [0.15, 0.2) is 24.3 Å². The van der Waals surface area contributed by atoms with Gasteiger partial charge >= 0.3 is 0 Å². The summed E-state index contributed by atoms with van der Waals surface area (Å²) in [6.45, 7) is 6.09. The van der Waals surface area contributed by atoms with Gasteiger partial charge in [0.25, 0.3) is 0 Å². The number of fused-ring (bicyclic) bond motifs is 1. The molecule has 80 valence electrons. The third-order valence-corrected chi connectivity index (χ3v) is 2.23. The quantitative estimate of drug-likeness (QED) is 0.823. The number of nitrogens with one attached hydrogen (secondary N) is 1. The Kier molecular flexibility index (Phi) is 2.97. The molecule has 0 aliphatic heterocycles. The molecular weight excluding hydrogens is 188 g/mol. The first-order valence-electron chi connectivity index (χ1n) is 5.26. The molecule has 1 aromatic heterocycles. The molecule has 0 aliphatic carbocycles. The van der Waals surface area contributed by atoms with Crippen LogP contribution in [0.1, 0.15) is 13.8 Å². The predicted molar refractivity (Wildman–Crippen MR) is 60.4 cm³/mol.